The van der Waals surface area contributed by atoms with Gasteiger partial charge in [-0.15, -0.1) is 11.6 Å². The Labute approximate surface area is 186 Å². The molecule has 0 spiro atoms. The molecule has 0 saturated carbocycles. The molecule has 9 heteroatoms. The van der Waals surface area contributed by atoms with Gasteiger partial charge in [0.25, 0.3) is 0 Å². The molecule has 0 N–H and O–H groups in total. The third-order valence-corrected chi connectivity index (χ3v) is 3.49. The molecule has 0 heterocycles. The maximum atomic E-state index is 11.5. The summed E-state index contributed by atoms with van der Waals surface area (Å²) in [5, 5.41) is 0. The maximum absolute atomic E-state index is 11.5. The molecule has 0 unspecified atom stereocenters. The number of esters is 1. The molecule has 2 aromatic carbocycles. The minimum atomic E-state index is -0.605. The molecule has 2 rings (SSSR count). The molecule has 0 amide bonds. The lowest BCUT2D eigenvalue weighted by Gasteiger charge is -2.10. The van der Waals surface area contributed by atoms with E-state index < -0.39 is 5.97 Å². The van der Waals surface area contributed by atoms with E-state index in [1.165, 1.54) is 37.8 Å². The number of hydrogen-bond donors (Lipinski definition) is 0. The van der Waals surface area contributed by atoms with Crippen LogP contribution < -0.4 is 9.47 Å². The summed E-state index contributed by atoms with van der Waals surface area (Å²) in [6, 6.07) is 8.96. The van der Waals surface area contributed by atoms with Gasteiger partial charge in [0.15, 0.2) is 18.9 Å². The molecule has 0 atom stereocenters. The van der Waals surface area contributed by atoms with Gasteiger partial charge < -0.3 is 18.9 Å². The Morgan fingerprint density at radius 1 is 0.774 bits per heavy atom. The lowest BCUT2D eigenvalue weighted by atomic mass is 10.1. The van der Waals surface area contributed by atoms with Gasteiger partial charge in [-0.25, -0.2) is 4.79 Å². The number of carbonyl (C=O) groups is 4. The van der Waals surface area contributed by atoms with Gasteiger partial charge in [-0.2, -0.15) is 0 Å². The van der Waals surface area contributed by atoms with Gasteiger partial charge in [0.2, 0.25) is 0 Å². The van der Waals surface area contributed by atoms with E-state index in [9.17, 15) is 19.2 Å². The third-order valence-electron chi connectivity index (χ3n) is 3.49. The van der Waals surface area contributed by atoms with E-state index in [1.807, 2.05) is 0 Å². The minimum Gasteiger partial charge on any atom is -0.490 e. The molecule has 2 aromatic rings. The second-order valence-electron chi connectivity index (χ2n) is 5.49. The van der Waals surface area contributed by atoms with E-state index >= 15 is 0 Å². The van der Waals surface area contributed by atoms with Gasteiger partial charge in [-0.1, -0.05) is 0 Å². The molecule has 0 aromatic heterocycles. The molecule has 0 aliphatic heterocycles. The van der Waals surface area contributed by atoms with Crippen LogP contribution in [0, 0.1) is 0 Å². The van der Waals surface area contributed by atoms with E-state index in [-0.39, 0.29) is 35.5 Å². The van der Waals surface area contributed by atoms with Crippen LogP contribution in [0.4, 0.5) is 0 Å². The summed E-state index contributed by atoms with van der Waals surface area (Å²) in [6.45, 7) is 0.343. The predicted octanol–water partition coefficient (Wildman–Crippen LogP) is 3.49. The lowest BCUT2D eigenvalue weighted by Crippen LogP contribution is -2.10. The summed E-state index contributed by atoms with van der Waals surface area (Å²) in [4.78, 5) is 44.3. The number of ether oxygens (including phenoxy) is 4. The Morgan fingerprint density at radius 3 is 1.68 bits per heavy atom. The van der Waals surface area contributed by atoms with E-state index in [2.05, 4.69) is 21.1 Å². The van der Waals surface area contributed by atoms with Crippen LogP contribution in [0.15, 0.2) is 36.4 Å². The van der Waals surface area contributed by atoms with Crippen molar-refractivity contribution in [3.8, 4) is 11.5 Å². The number of benzene rings is 2. The highest BCUT2D eigenvalue weighted by Gasteiger charge is 2.12. The highest BCUT2D eigenvalue weighted by atomic mass is 35.5. The van der Waals surface area contributed by atoms with Crippen LogP contribution in [-0.2, 0) is 9.47 Å². The summed E-state index contributed by atoms with van der Waals surface area (Å²) in [5.41, 5.74) is 0.848. The number of rotatable bonds is 9. The molecule has 0 fully saturated rings. The topological polar surface area (TPSA) is 105 Å². The number of alkyl halides is 1. The Morgan fingerprint density at radius 2 is 1.23 bits per heavy atom. The van der Waals surface area contributed by atoms with Gasteiger partial charge in [0, 0.05) is 37.3 Å². The van der Waals surface area contributed by atoms with Crippen molar-refractivity contribution in [2.45, 2.75) is 0 Å². The van der Waals surface area contributed by atoms with Crippen molar-refractivity contribution in [3.63, 3.8) is 0 Å². The van der Waals surface area contributed by atoms with Gasteiger partial charge >= 0.3 is 5.97 Å². The standard InChI is InChI=1S/C19H16O7.C2H6O.CH3Cl/c1-24-19(23)18-5-4-17(9-15(18)12-22)26-7-6-25-16-3-2-13(10-20)14(8-16)11-21;1-3-2;1-2/h2-5,8-12H,6-7H2,1H3;1-2H3;1H3. The zero-order chi connectivity index (χ0) is 23.6. The van der Waals surface area contributed by atoms with Gasteiger partial charge in [0.1, 0.15) is 24.7 Å². The zero-order valence-electron chi connectivity index (χ0n) is 17.8. The van der Waals surface area contributed by atoms with E-state index in [4.69, 9.17) is 9.47 Å². The lowest BCUT2D eigenvalue weighted by molar-refractivity contribution is 0.0598. The number of carbonyl (C=O) groups excluding carboxylic acids is 4. The Kier molecular flexibility index (Phi) is 14.8. The minimum absolute atomic E-state index is 0.155. The van der Waals surface area contributed by atoms with Gasteiger partial charge in [0.05, 0.1) is 12.7 Å². The van der Waals surface area contributed by atoms with Gasteiger partial charge in [-0.05, 0) is 36.4 Å². The van der Waals surface area contributed by atoms with Crippen LogP contribution in [-0.4, -0.2) is 65.8 Å². The Balaban J connectivity index is 0.00000165. The van der Waals surface area contributed by atoms with Crippen molar-refractivity contribution < 1.29 is 38.1 Å². The van der Waals surface area contributed by atoms with Crippen LogP contribution in [0.3, 0.4) is 0 Å². The van der Waals surface area contributed by atoms with Crippen LogP contribution in [0.2, 0.25) is 0 Å². The fourth-order valence-corrected chi connectivity index (χ4v) is 2.19. The number of aldehydes is 3. The summed E-state index contributed by atoms with van der Waals surface area (Å²) < 4.78 is 19.8. The molecule has 0 aliphatic rings. The summed E-state index contributed by atoms with van der Waals surface area (Å²) >= 11 is 4.64. The molecular formula is C22H25ClO8. The first-order valence-corrected chi connectivity index (χ1v) is 9.55. The maximum Gasteiger partial charge on any atom is 0.338 e. The van der Waals surface area contributed by atoms with Crippen molar-refractivity contribution in [3.05, 3.63) is 58.7 Å². The first kappa shape index (κ1) is 27.8. The molecule has 31 heavy (non-hydrogen) atoms. The Bertz CT molecular complexity index is 851. The molecule has 0 saturated heterocycles. The summed E-state index contributed by atoms with van der Waals surface area (Å²) in [5.74, 6) is 0.218. The summed E-state index contributed by atoms with van der Waals surface area (Å²) in [6.07, 6.45) is 3.20. The van der Waals surface area contributed by atoms with Crippen LogP contribution in [0.1, 0.15) is 41.4 Å². The average Bonchev–Trinajstić information content (AvgIpc) is 2.82. The number of hydrogen-bond acceptors (Lipinski definition) is 8. The van der Waals surface area contributed by atoms with Crippen LogP contribution in [0.5, 0.6) is 11.5 Å². The second-order valence-corrected chi connectivity index (χ2v) is 5.49. The average molecular weight is 453 g/mol. The monoisotopic (exact) mass is 452 g/mol. The summed E-state index contributed by atoms with van der Waals surface area (Å²) in [7, 11) is 4.48. The largest absolute Gasteiger partial charge is 0.490 e. The van der Waals surface area contributed by atoms with Gasteiger partial charge in [-0.3, -0.25) is 14.4 Å². The van der Waals surface area contributed by atoms with Crippen molar-refractivity contribution in [1.82, 2.24) is 0 Å². The second kappa shape index (κ2) is 16.6. The van der Waals surface area contributed by atoms with E-state index in [0.29, 0.717) is 30.4 Å². The predicted molar refractivity (Wildman–Crippen MR) is 116 cm³/mol. The van der Waals surface area contributed by atoms with Crippen LogP contribution >= 0.6 is 11.6 Å². The first-order valence-electron chi connectivity index (χ1n) is 8.80. The van der Waals surface area contributed by atoms with Crippen molar-refractivity contribution in [2.24, 2.45) is 0 Å². The van der Waals surface area contributed by atoms with Crippen LogP contribution in [0.25, 0.3) is 0 Å². The molecule has 8 nitrogen and oxygen atoms in total. The Hall–Kier alpha value is -3.23. The number of methoxy groups -OCH3 is 2. The fraction of sp³-hybridized carbons (Fsp3) is 0.273. The molecule has 0 aliphatic carbocycles. The SMILES string of the molecule is CCl.COC.COC(=O)c1ccc(OCCOc2ccc(C=O)c(C=O)c2)cc1C=O. The smallest absolute Gasteiger partial charge is 0.338 e. The fourth-order valence-electron chi connectivity index (χ4n) is 2.19. The highest BCUT2D eigenvalue weighted by Crippen LogP contribution is 2.18. The molecule has 0 radical (unpaired) electrons. The quantitative estimate of drug-likeness (QED) is 0.246. The van der Waals surface area contributed by atoms with Crippen molar-refractivity contribution in [1.29, 1.82) is 0 Å². The van der Waals surface area contributed by atoms with Crippen molar-refractivity contribution >= 4 is 36.4 Å². The van der Waals surface area contributed by atoms with E-state index in [0.717, 1.165) is 0 Å². The third kappa shape index (κ3) is 9.41. The number of halogens is 1. The van der Waals surface area contributed by atoms with Crippen molar-refractivity contribution in [2.75, 3.05) is 40.9 Å². The highest BCUT2D eigenvalue weighted by molar-refractivity contribution is 6.15. The molecular weight excluding hydrogens is 428 g/mol. The first-order chi connectivity index (χ1) is 15.0. The molecule has 0 bridgehead atoms. The molecule has 168 valence electrons. The normalized spacial score (nSPS) is 9.06. The zero-order valence-corrected chi connectivity index (χ0v) is 18.5. The van der Waals surface area contributed by atoms with E-state index in [1.54, 1.807) is 26.4 Å².